The number of likely N-dealkylation sites (N-methyl/N-ethyl adjacent to an activating group) is 2. The van der Waals surface area contributed by atoms with Crippen LogP contribution in [0.5, 0.6) is 0 Å². The van der Waals surface area contributed by atoms with Crippen molar-refractivity contribution in [2.45, 2.75) is 12.5 Å². The molecule has 14 heavy (non-hydrogen) atoms. The van der Waals surface area contributed by atoms with Crippen LogP contribution in [-0.2, 0) is 4.79 Å². The van der Waals surface area contributed by atoms with Crippen molar-refractivity contribution in [3.63, 3.8) is 0 Å². The fraction of sp³-hybridized carbons (Fsp3) is 0.900. The highest BCUT2D eigenvalue weighted by molar-refractivity contribution is 5.80. The lowest BCUT2D eigenvalue weighted by atomic mass is 10.0. The molecule has 2 fully saturated rings. The highest BCUT2D eigenvalue weighted by Gasteiger charge is 2.32. The van der Waals surface area contributed by atoms with Crippen molar-refractivity contribution in [1.29, 1.82) is 0 Å². The van der Waals surface area contributed by atoms with Gasteiger partial charge in [-0.05, 0) is 20.0 Å². The average Bonchev–Trinajstić information content (AvgIpc) is 2.47. The Bertz CT molecular complexity index is 227. The molecule has 0 radical (unpaired) electrons. The summed E-state index contributed by atoms with van der Waals surface area (Å²) < 4.78 is 0. The van der Waals surface area contributed by atoms with Gasteiger partial charge in [0.1, 0.15) is 0 Å². The molecule has 0 aromatic rings. The van der Waals surface area contributed by atoms with Crippen LogP contribution in [0.15, 0.2) is 0 Å². The maximum Gasteiger partial charge on any atom is 0.228 e. The maximum atomic E-state index is 11.9. The number of nitrogens with one attached hydrogen (secondary N) is 1. The van der Waals surface area contributed by atoms with E-state index in [1.807, 2.05) is 11.9 Å². The largest absolute Gasteiger partial charge is 0.341 e. The fourth-order valence-electron chi connectivity index (χ4n) is 2.16. The average molecular weight is 197 g/mol. The third kappa shape index (κ3) is 1.77. The summed E-state index contributed by atoms with van der Waals surface area (Å²) in [6.07, 6.45) is 1.12. The molecule has 0 aliphatic carbocycles. The normalized spacial score (nSPS) is 28.9. The second-order valence-corrected chi connectivity index (χ2v) is 4.51. The van der Waals surface area contributed by atoms with Crippen molar-refractivity contribution in [3.8, 4) is 0 Å². The molecule has 0 bridgehead atoms. The zero-order chi connectivity index (χ0) is 10.1. The summed E-state index contributed by atoms with van der Waals surface area (Å²) in [5, 5.41) is 3.14. The second kappa shape index (κ2) is 3.87. The zero-order valence-electron chi connectivity index (χ0n) is 8.99. The smallest absolute Gasteiger partial charge is 0.228 e. The van der Waals surface area contributed by atoms with E-state index in [0.717, 1.165) is 32.6 Å². The molecule has 2 aliphatic heterocycles. The van der Waals surface area contributed by atoms with E-state index < -0.39 is 0 Å². The molecule has 4 heteroatoms. The minimum absolute atomic E-state index is 0.242. The quantitative estimate of drug-likeness (QED) is 0.640. The molecule has 80 valence electrons. The number of likely N-dealkylation sites (tertiary alicyclic amines) is 1. The van der Waals surface area contributed by atoms with Gasteiger partial charge in [0.2, 0.25) is 5.91 Å². The molecule has 2 aliphatic rings. The van der Waals surface area contributed by atoms with E-state index in [9.17, 15) is 4.79 Å². The Morgan fingerprint density at radius 3 is 2.64 bits per heavy atom. The topological polar surface area (TPSA) is 35.6 Å². The summed E-state index contributed by atoms with van der Waals surface area (Å²) in [5.41, 5.74) is 0. The summed E-state index contributed by atoms with van der Waals surface area (Å²) in [5.74, 6) is 0.565. The van der Waals surface area contributed by atoms with Gasteiger partial charge in [0, 0.05) is 32.7 Å². The molecule has 2 heterocycles. The number of rotatable bonds is 2. The van der Waals surface area contributed by atoms with Crippen LogP contribution >= 0.6 is 0 Å². The summed E-state index contributed by atoms with van der Waals surface area (Å²) in [4.78, 5) is 16.1. The lowest BCUT2D eigenvalue weighted by Crippen LogP contribution is -2.53. The van der Waals surface area contributed by atoms with Gasteiger partial charge in [-0.1, -0.05) is 0 Å². The van der Waals surface area contributed by atoms with Gasteiger partial charge < -0.3 is 15.1 Å². The number of carbonyl (C=O) groups excluding carboxylic acids is 1. The molecule has 0 spiro atoms. The third-order valence-electron chi connectivity index (χ3n) is 3.39. The van der Waals surface area contributed by atoms with Crippen LogP contribution in [0.1, 0.15) is 6.42 Å². The van der Waals surface area contributed by atoms with E-state index in [4.69, 9.17) is 0 Å². The predicted octanol–water partition coefficient (Wildman–Crippen LogP) is -0.632. The standard InChI is InChI=1S/C10H19N3O/c1-12-4-3-9(7-12)13(2)10(14)8-5-11-6-8/h8-9,11H,3-7H2,1-2H3. The Hall–Kier alpha value is -0.610. The molecule has 2 saturated heterocycles. The summed E-state index contributed by atoms with van der Waals surface area (Å²) in [6, 6.07) is 0.438. The summed E-state index contributed by atoms with van der Waals surface area (Å²) in [6.45, 7) is 3.88. The highest BCUT2D eigenvalue weighted by atomic mass is 16.2. The number of carbonyl (C=O) groups is 1. The first kappa shape index (κ1) is 9.93. The van der Waals surface area contributed by atoms with E-state index >= 15 is 0 Å². The van der Waals surface area contributed by atoms with E-state index in [1.165, 1.54) is 0 Å². The van der Waals surface area contributed by atoms with E-state index in [0.29, 0.717) is 11.9 Å². The molecular weight excluding hydrogens is 178 g/mol. The predicted molar refractivity (Wildman–Crippen MR) is 55.0 cm³/mol. The minimum Gasteiger partial charge on any atom is -0.341 e. The van der Waals surface area contributed by atoms with Gasteiger partial charge in [0.25, 0.3) is 0 Å². The molecule has 4 nitrogen and oxygen atoms in total. The molecular formula is C10H19N3O. The summed E-state index contributed by atoms with van der Waals surface area (Å²) >= 11 is 0. The van der Waals surface area contributed by atoms with Gasteiger partial charge in [0.05, 0.1) is 5.92 Å². The Morgan fingerprint density at radius 2 is 2.21 bits per heavy atom. The number of nitrogens with zero attached hydrogens (tertiary/aromatic N) is 2. The molecule has 0 saturated carbocycles. The Labute approximate surface area is 85.2 Å². The SMILES string of the molecule is CN1CCC(N(C)C(=O)C2CNC2)C1. The van der Waals surface area contributed by atoms with Gasteiger partial charge in [-0.15, -0.1) is 0 Å². The second-order valence-electron chi connectivity index (χ2n) is 4.51. The Morgan fingerprint density at radius 1 is 1.50 bits per heavy atom. The van der Waals surface area contributed by atoms with Crippen molar-refractivity contribution < 1.29 is 4.79 Å². The van der Waals surface area contributed by atoms with E-state index in [-0.39, 0.29) is 5.92 Å². The van der Waals surface area contributed by atoms with Crippen LogP contribution in [0.4, 0.5) is 0 Å². The number of hydrogen-bond acceptors (Lipinski definition) is 3. The number of hydrogen-bond donors (Lipinski definition) is 1. The Kier molecular flexibility index (Phi) is 2.74. The molecule has 1 atom stereocenters. The van der Waals surface area contributed by atoms with Crippen LogP contribution in [0.25, 0.3) is 0 Å². The van der Waals surface area contributed by atoms with Crippen molar-refractivity contribution >= 4 is 5.91 Å². The third-order valence-corrected chi connectivity index (χ3v) is 3.39. The lowest BCUT2D eigenvalue weighted by molar-refractivity contribution is -0.137. The van der Waals surface area contributed by atoms with Crippen LogP contribution in [0.3, 0.4) is 0 Å². The van der Waals surface area contributed by atoms with Gasteiger partial charge in [-0.2, -0.15) is 0 Å². The first-order valence-corrected chi connectivity index (χ1v) is 5.34. The highest BCUT2D eigenvalue weighted by Crippen LogP contribution is 2.16. The van der Waals surface area contributed by atoms with Crippen LogP contribution in [-0.4, -0.2) is 62.0 Å². The van der Waals surface area contributed by atoms with E-state index in [2.05, 4.69) is 17.3 Å². The van der Waals surface area contributed by atoms with Crippen LogP contribution < -0.4 is 5.32 Å². The van der Waals surface area contributed by atoms with Gasteiger partial charge in [-0.3, -0.25) is 4.79 Å². The molecule has 0 aromatic carbocycles. The van der Waals surface area contributed by atoms with Gasteiger partial charge in [0.15, 0.2) is 0 Å². The van der Waals surface area contributed by atoms with Crippen LogP contribution in [0.2, 0.25) is 0 Å². The number of amides is 1. The molecule has 1 N–H and O–H groups in total. The molecule has 2 rings (SSSR count). The zero-order valence-corrected chi connectivity index (χ0v) is 8.99. The van der Waals surface area contributed by atoms with Crippen LogP contribution in [0, 0.1) is 5.92 Å². The monoisotopic (exact) mass is 197 g/mol. The molecule has 0 aromatic heterocycles. The van der Waals surface area contributed by atoms with Crippen molar-refractivity contribution in [1.82, 2.24) is 15.1 Å². The Balaban J connectivity index is 1.87. The fourth-order valence-corrected chi connectivity index (χ4v) is 2.16. The van der Waals surface area contributed by atoms with Crippen molar-refractivity contribution in [2.24, 2.45) is 5.92 Å². The minimum atomic E-state index is 0.242. The first-order valence-electron chi connectivity index (χ1n) is 5.34. The van der Waals surface area contributed by atoms with Gasteiger partial charge in [-0.25, -0.2) is 0 Å². The lowest BCUT2D eigenvalue weighted by Gasteiger charge is -2.33. The van der Waals surface area contributed by atoms with Gasteiger partial charge >= 0.3 is 0 Å². The van der Waals surface area contributed by atoms with Crippen molar-refractivity contribution in [3.05, 3.63) is 0 Å². The molecule has 1 amide bonds. The summed E-state index contributed by atoms with van der Waals surface area (Å²) in [7, 11) is 4.06. The first-order chi connectivity index (χ1) is 6.68. The maximum absolute atomic E-state index is 11.9. The van der Waals surface area contributed by atoms with E-state index in [1.54, 1.807) is 0 Å². The molecule has 1 unspecified atom stereocenters. The van der Waals surface area contributed by atoms with Crippen molar-refractivity contribution in [2.75, 3.05) is 40.3 Å².